The molecular weight excluding hydrogens is 278 g/mol. The van der Waals surface area contributed by atoms with Gasteiger partial charge in [-0.3, -0.25) is 9.58 Å². The summed E-state index contributed by atoms with van der Waals surface area (Å²) >= 11 is 3.66. The Morgan fingerprint density at radius 1 is 1.41 bits per heavy atom. The highest BCUT2D eigenvalue weighted by Crippen LogP contribution is 2.18. The van der Waals surface area contributed by atoms with E-state index in [0.717, 1.165) is 24.3 Å². The van der Waals surface area contributed by atoms with Gasteiger partial charge in [0.05, 0.1) is 0 Å². The van der Waals surface area contributed by atoms with Gasteiger partial charge in [-0.15, -0.1) is 0 Å². The number of hydrogen-bond donors (Lipinski definition) is 0. The Morgan fingerprint density at radius 2 is 2.29 bits per heavy atom. The molecule has 0 N–H and O–H groups in total. The van der Waals surface area contributed by atoms with Crippen LogP contribution in [0.2, 0.25) is 0 Å². The number of aromatic nitrogens is 2. The van der Waals surface area contributed by atoms with E-state index in [9.17, 15) is 0 Å². The van der Waals surface area contributed by atoms with Gasteiger partial charge in [-0.05, 0) is 25.5 Å². The molecular formula is C13H22BrN3. The van der Waals surface area contributed by atoms with Crippen molar-refractivity contribution in [1.82, 2.24) is 14.7 Å². The van der Waals surface area contributed by atoms with E-state index in [-0.39, 0.29) is 0 Å². The molecule has 4 heteroatoms. The summed E-state index contributed by atoms with van der Waals surface area (Å²) in [5.74, 6) is 0. The van der Waals surface area contributed by atoms with Crippen molar-refractivity contribution in [3.8, 4) is 0 Å². The first-order valence-corrected chi connectivity index (χ1v) is 7.70. The lowest BCUT2D eigenvalue weighted by Gasteiger charge is -2.28. The monoisotopic (exact) mass is 299 g/mol. The molecule has 17 heavy (non-hydrogen) atoms. The highest BCUT2D eigenvalue weighted by molar-refractivity contribution is 9.09. The third-order valence-corrected chi connectivity index (χ3v) is 4.50. The van der Waals surface area contributed by atoms with E-state index in [1.807, 2.05) is 17.9 Å². The van der Waals surface area contributed by atoms with Crippen molar-refractivity contribution < 1.29 is 0 Å². The largest absolute Gasteiger partial charge is 0.299 e. The molecule has 96 valence electrons. The van der Waals surface area contributed by atoms with Crippen LogP contribution in [0.15, 0.2) is 12.3 Å². The van der Waals surface area contributed by atoms with Crippen molar-refractivity contribution in [3.05, 3.63) is 18.0 Å². The highest BCUT2D eigenvalue weighted by Gasteiger charge is 2.19. The molecule has 1 aliphatic rings. The summed E-state index contributed by atoms with van der Waals surface area (Å²) in [5.41, 5.74) is 1.34. The molecule has 1 aromatic rings. The molecule has 0 saturated carbocycles. The van der Waals surface area contributed by atoms with E-state index in [4.69, 9.17) is 0 Å². The minimum absolute atomic E-state index is 0.728. The fourth-order valence-electron chi connectivity index (χ4n) is 2.61. The summed E-state index contributed by atoms with van der Waals surface area (Å²) in [7, 11) is 2.03. The Bertz CT molecular complexity index is 337. The molecule has 0 spiro atoms. The average molecular weight is 300 g/mol. The zero-order valence-electron chi connectivity index (χ0n) is 10.6. The number of nitrogens with zero attached hydrogens (tertiary/aromatic N) is 3. The molecule has 2 rings (SSSR count). The van der Waals surface area contributed by atoms with Crippen LogP contribution in [0.25, 0.3) is 0 Å². The number of likely N-dealkylation sites (tertiary alicyclic amines) is 1. The molecule has 3 nitrogen and oxygen atoms in total. The maximum Gasteiger partial charge on any atom is 0.0492 e. The van der Waals surface area contributed by atoms with Gasteiger partial charge in [0, 0.05) is 43.3 Å². The van der Waals surface area contributed by atoms with E-state index >= 15 is 0 Å². The average Bonchev–Trinajstić information content (AvgIpc) is 2.63. The Morgan fingerprint density at radius 3 is 3.00 bits per heavy atom. The molecule has 0 aromatic carbocycles. The minimum atomic E-state index is 0.728. The van der Waals surface area contributed by atoms with Crippen LogP contribution in [0.1, 0.15) is 31.4 Å². The van der Waals surface area contributed by atoms with Crippen molar-refractivity contribution in [1.29, 1.82) is 0 Å². The van der Waals surface area contributed by atoms with Gasteiger partial charge in [-0.25, -0.2) is 0 Å². The lowest BCUT2D eigenvalue weighted by atomic mass is 10.1. The van der Waals surface area contributed by atoms with Crippen molar-refractivity contribution in [2.75, 3.05) is 18.4 Å². The molecule has 1 fully saturated rings. The number of hydrogen-bond acceptors (Lipinski definition) is 2. The van der Waals surface area contributed by atoms with E-state index < -0.39 is 0 Å². The molecule has 2 heterocycles. The molecule has 0 aliphatic carbocycles. The molecule has 0 bridgehead atoms. The minimum Gasteiger partial charge on any atom is -0.299 e. The van der Waals surface area contributed by atoms with Gasteiger partial charge in [0.1, 0.15) is 0 Å². The number of halogens is 1. The number of alkyl halides is 1. The Hall–Kier alpha value is -0.350. The zero-order chi connectivity index (χ0) is 12.1. The summed E-state index contributed by atoms with van der Waals surface area (Å²) < 4.78 is 1.99. The molecule has 0 amide bonds. The maximum atomic E-state index is 4.23. The van der Waals surface area contributed by atoms with Gasteiger partial charge in [-0.2, -0.15) is 5.10 Å². The molecule has 1 saturated heterocycles. The predicted molar refractivity (Wildman–Crippen MR) is 74.5 cm³/mol. The van der Waals surface area contributed by atoms with Crippen LogP contribution in [0, 0.1) is 0 Å². The van der Waals surface area contributed by atoms with E-state index in [1.54, 1.807) is 0 Å². The van der Waals surface area contributed by atoms with Crippen LogP contribution in [-0.2, 0) is 13.5 Å². The molecule has 1 unspecified atom stereocenters. The summed E-state index contributed by atoms with van der Waals surface area (Å²) in [5, 5.41) is 5.34. The van der Waals surface area contributed by atoms with Crippen molar-refractivity contribution in [3.63, 3.8) is 0 Å². The van der Waals surface area contributed by atoms with E-state index in [0.29, 0.717) is 0 Å². The summed E-state index contributed by atoms with van der Waals surface area (Å²) in [6, 6.07) is 2.85. The van der Waals surface area contributed by atoms with Crippen molar-refractivity contribution in [2.24, 2.45) is 7.05 Å². The maximum absolute atomic E-state index is 4.23. The fourth-order valence-corrected chi connectivity index (χ4v) is 3.34. The molecule has 1 aromatic heterocycles. The summed E-state index contributed by atoms with van der Waals surface area (Å²) in [6.07, 6.45) is 8.48. The SMILES string of the molecule is Cn1nccc1CCN1CCCCCC1CBr. The lowest BCUT2D eigenvalue weighted by Crippen LogP contribution is -2.37. The second-order valence-electron chi connectivity index (χ2n) is 4.89. The normalized spacial score (nSPS) is 22.6. The van der Waals surface area contributed by atoms with Gasteiger partial charge in [0.15, 0.2) is 0 Å². The first-order chi connectivity index (χ1) is 8.31. The molecule has 1 aliphatic heterocycles. The van der Waals surface area contributed by atoms with Gasteiger partial charge in [0.25, 0.3) is 0 Å². The Kier molecular flexibility index (Phi) is 5.04. The van der Waals surface area contributed by atoms with Crippen LogP contribution in [0.5, 0.6) is 0 Å². The second-order valence-corrected chi connectivity index (χ2v) is 5.54. The van der Waals surface area contributed by atoms with Crippen LogP contribution in [0.4, 0.5) is 0 Å². The van der Waals surface area contributed by atoms with Gasteiger partial charge in [-0.1, -0.05) is 28.8 Å². The van der Waals surface area contributed by atoms with Gasteiger partial charge < -0.3 is 0 Å². The van der Waals surface area contributed by atoms with Gasteiger partial charge >= 0.3 is 0 Å². The summed E-state index contributed by atoms with van der Waals surface area (Å²) in [6.45, 7) is 2.42. The second kappa shape index (κ2) is 6.55. The van der Waals surface area contributed by atoms with E-state index in [2.05, 4.69) is 32.0 Å². The Labute approximate surface area is 112 Å². The molecule has 1 atom stereocenters. The fraction of sp³-hybridized carbons (Fsp3) is 0.769. The smallest absolute Gasteiger partial charge is 0.0492 e. The highest BCUT2D eigenvalue weighted by atomic mass is 79.9. The topological polar surface area (TPSA) is 21.1 Å². The van der Waals surface area contributed by atoms with Crippen LogP contribution in [-0.4, -0.2) is 39.1 Å². The zero-order valence-corrected chi connectivity index (χ0v) is 12.2. The quantitative estimate of drug-likeness (QED) is 0.797. The first-order valence-electron chi connectivity index (χ1n) is 6.58. The lowest BCUT2D eigenvalue weighted by molar-refractivity contribution is 0.219. The standard InChI is InChI=1S/C13H22BrN3/c1-16-12(6-8-15-16)7-10-17-9-4-2-3-5-13(17)11-14/h6,8,13H,2-5,7,9-11H2,1H3. The predicted octanol–water partition coefficient (Wildman–Crippen LogP) is 2.60. The van der Waals surface area contributed by atoms with Gasteiger partial charge in [0.2, 0.25) is 0 Å². The number of rotatable bonds is 4. The summed E-state index contributed by atoms with van der Waals surface area (Å²) in [4.78, 5) is 2.65. The Balaban J connectivity index is 1.89. The molecule has 0 radical (unpaired) electrons. The first kappa shape index (κ1) is 13.1. The van der Waals surface area contributed by atoms with E-state index in [1.165, 1.54) is 37.9 Å². The third-order valence-electron chi connectivity index (χ3n) is 3.75. The van der Waals surface area contributed by atoms with Crippen LogP contribution in [0.3, 0.4) is 0 Å². The van der Waals surface area contributed by atoms with Crippen molar-refractivity contribution in [2.45, 2.75) is 38.1 Å². The van der Waals surface area contributed by atoms with Crippen molar-refractivity contribution >= 4 is 15.9 Å². The third kappa shape index (κ3) is 3.55. The van der Waals surface area contributed by atoms with Crippen LogP contribution >= 0.6 is 15.9 Å². The number of aryl methyl sites for hydroxylation is 1. The van der Waals surface area contributed by atoms with Crippen LogP contribution < -0.4 is 0 Å².